The van der Waals surface area contributed by atoms with Crippen LogP contribution in [0.1, 0.15) is 15.9 Å². The van der Waals surface area contributed by atoms with Crippen molar-refractivity contribution in [1.82, 2.24) is 5.16 Å². The Morgan fingerprint density at radius 1 is 1.05 bits per heavy atom. The second-order valence-corrected chi connectivity index (χ2v) is 4.89. The van der Waals surface area contributed by atoms with Crippen LogP contribution in [0, 0.1) is 6.92 Å². The van der Waals surface area contributed by atoms with Crippen molar-refractivity contribution in [3.05, 3.63) is 65.7 Å². The van der Waals surface area contributed by atoms with E-state index >= 15 is 0 Å². The van der Waals surface area contributed by atoms with Crippen LogP contribution in [0.2, 0.25) is 0 Å². The average Bonchev–Trinajstić information content (AvgIpc) is 2.98. The van der Waals surface area contributed by atoms with Crippen LogP contribution in [0.3, 0.4) is 0 Å². The summed E-state index contributed by atoms with van der Waals surface area (Å²) < 4.78 is 5.38. The normalized spacial score (nSPS) is 10.5. The third-order valence-electron chi connectivity index (χ3n) is 3.29. The van der Waals surface area contributed by atoms with Gasteiger partial charge in [-0.15, -0.1) is 0 Å². The standard InChI is InChI=1S/C17H14N2O2/c1-11-5-7-12(8-6-11)16-10-15(19-21-16)13-3-2-4-14(9-13)17(18)20/h2-10H,1H3,(H2,18,20). The highest BCUT2D eigenvalue weighted by molar-refractivity contribution is 5.94. The molecule has 1 amide bonds. The van der Waals surface area contributed by atoms with Crippen molar-refractivity contribution in [2.75, 3.05) is 0 Å². The summed E-state index contributed by atoms with van der Waals surface area (Å²) in [6, 6.07) is 16.9. The van der Waals surface area contributed by atoms with Gasteiger partial charge in [-0.1, -0.05) is 47.1 Å². The Morgan fingerprint density at radius 3 is 2.52 bits per heavy atom. The first kappa shape index (κ1) is 13.1. The molecule has 0 fully saturated rings. The zero-order valence-electron chi connectivity index (χ0n) is 11.5. The Kier molecular flexibility index (Phi) is 3.28. The van der Waals surface area contributed by atoms with E-state index in [1.165, 1.54) is 5.56 Å². The van der Waals surface area contributed by atoms with Gasteiger partial charge in [0.1, 0.15) is 5.69 Å². The minimum atomic E-state index is -0.459. The summed E-state index contributed by atoms with van der Waals surface area (Å²) >= 11 is 0. The summed E-state index contributed by atoms with van der Waals surface area (Å²) in [6.07, 6.45) is 0. The molecule has 0 spiro atoms. The van der Waals surface area contributed by atoms with E-state index in [1.54, 1.807) is 18.2 Å². The Balaban J connectivity index is 1.96. The lowest BCUT2D eigenvalue weighted by Gasteiger charge is -1.98. The molecule has 0 aliphatic heterocycles. The number of aromatic nitrogens is 1. The van der Waals surface area contributed by atoms with Crippen molar-refractivity contribution < 1.29 is 9.32 Å². The van der Waals surface area contributed by atoms with Crippen molar-refractivity contribution >= 4 is 5.91 Å². The number of benzene rings is 2. The van der Waals surface area contributed by atoms with Crippen LogP contribution < -0.4 is 5.73 Å². The zero-order chi connectivity index (χ0) is 14.8. The summed E-state index contributed by atoms with van der Waals surface area (Å²) in [7, 11) is 0. The maximum Gasteiger partial charge on any atom is 0.248 e. The van der Waals surface area contributed by atoms with E-state index in [2.05, 4.69) is 5.16 Å². The van der Waals surface area contributed by atoms with E-state index in [-0.39, 0.29) is 0 Å². The lowest BCUT2D eigenvalue weighted by atomic mass is 10.1. The Labute approximate surface area is 122 Å². The molecule has 0 saturated carbocycles. The third-order valence-corrected chi connectivity index (χ3v) is 3.29. The van der Waals surface area contributed by atoms with Gasteiger partial charge in [0.05, 0.1) is 0 Å². The molecule has 3 rings (SSSR count). The molecule has 1 aromatic heterocycles. The molecule has 4 heteroatoms. The molecule has 0 unspecified atom stereocenters. The van der Waals surface area contributed by atoms with Crippen LogP contribution in [0.5, 0.6) is 0 Å². The molecular weight excluding hydrogens is 264 g/mol. The molecule has 21 heavy (non-hydrogen) atoms. The van der Waals surface area contributed by atoms with E-state index < -0.39 is 5.91 Å². The van der Waals surface area contributed by atoms with E-state index in [9.17, 15) is 4.79 Å². The Bertz CT molecular complexity index is 789. The van der Waals surface area contributed by atoms with E-state index in [0.717, 1.165) is 11.1 Å². The summed E-state index contributed by atoms with van der Waals surface area (Å²) in [5.74, 6) is 0.230. The number of primary amides is 1. The van der Waals surface area contributed by atoms with Crippen molar-refractivity contribution in [2.24, 2.45) is 5.73 Å². The largest absolute Gasteiger partial charge is 0.366 e. The van der Waals surface area contributed by atoms with Crippen LogP contribution in [-0.2, 0) is 0 Å². The number of nitrogens with zero attached hydrogens (tertiary/aromatic N) is 1. The molecule has 0 radical (unpaired) electrons. The number of aryl methyl sites for hydroxylation is 1. The average molecular weight is 278 g/mol. The zero-order valence-corrected chi connectivity index (χ0v) is 11.5. The highest BCUT2D eigenvalue weighted by Gasteiger charge is 2.10. The molecular formula is C17H14N2O2. The predicted octanol–water partition coefficient (Wildman–Crippen LogP) is 3.42. The monoisotopic (exact) mass is 278 g/mol. The number of nitrogens with two attached hydrogens (primary N) is 1. The molecule has 0 bridgehead atoms. The van der Waals surface area contributed by atoms with Gasteiger partial charge in [0, 0.05) is 22.8 Å². The van der Waals surface area contributed by atoms with Crippen LogP contribution in [0.25, 0.3) is 22.6 Å². The topological polar surface area (TPSA) is 69.1 Å². The number of hydrogen-bond donors (Lipinski definition) is 1. The van der Waals surface area contributed by atoms with E-state index in [0.29, 0.717) is 17.0 Å². The molecule has 1 heterocycles. The van der Waals surface area contributed by atoms with Gasteiger partial charge in [-0.3, -0.25) is 4.79 Å². The van der Waals surface area contributed by atoms with E-state index in [4.69, 9.17) is 10.3 Å². The first-order valence-corrected chi connectivity index (χ1v) is 6.57. The lowest BCUT2D eigenvalue weighted by Crippen LogP contribution is -2.10. The maximum atomic E-state index is 11.2. The van der Waals surface area contributed by atoms with Crippen LogP contribution >= 0.6 is 0 Å². The molecule has 104 valence electrons. The molecule has 0 saturated heterocycles. The minimum absolute atomic E-state index is 0.451. The number of rotatable bonds is 3. The molecule has 2 aromatic carbocycles. The second kappa shape index (κ2) is 5.25. The quantitative estimate of drug-likeness (QED) is 0.798. The van der Waals surface area contributed by atoms with Gasteiger partial charge in [0.15, 0.2) is 5.76 Å². The molecule has 0 atom stereocenters. The Hall–Kier alpha value is -2.88. The third kappa shape index (κ3) is 2.69. The van der Waals surface area contributed by atoms with Crippen LogP contribution in [0.4, 0.5) is 0 Å². The van der Waals surface area contributed by atoms with Gasteiger partial charge in [-0.2, -0.15) is 0 Å². The first-order valence-electron chi connectivity index (χ1n) is 6.57. The van der Waals surface area contributed by atoms with Crippen LogP contribution in [0.15, 0.2) is 59.1 Å². The lowest BCUT2D eigenvalue weighted by molar-refractivity contribution is 0.100. The molecule has 4 nitrogen and oxygen atoms in total. The molecule has 2 N–H and O–H groups in total. The van der Waals surface area contributed by atoms with E-state index in [1.807, 2.05) is 43.3 Å². The van der Waals surface area contributed by atoms with Gasteiger partial charge >= 0.3 is 0 Å². The smallest absolute Gasteiger partial charge is 0.248 e. The summed E-state index contributed by atoms with van der Waals surface area (Å²) in [5.41, 5.74) is 9.36. The SMILES string of the molecule is Cc1ccc(-c2cc(-c3cccc(C(N)=O)c3)no2)cc1. The van der Waals surface area contributed by atoms with Crippen molar-refractivity contribution in [3.8, 4) is 22.6 Å². The first-order chi connectivity index (χ1) is 10.1. The maximum absolute atomic E-state index is 11.2. The Morgan fingerprint density at radius 2 is 1.81 bits per heavy atom. The fourth-order valence-electron chi connectivity index (χ4n) is 2.10. The highest BCUT2D eigenvalue weighted by Crippen LogP contribution is 2.26. The number of amides is 1. The minimum Gasteiger partial charge on any atom is -0.366 e. The molecule has 3 aromatic rings. The van der Waals surface area contributed by atoms with Gasteiger partial charge in [-0.25, -0.2) is 0 Å². The number of hydrogen-bond acceptors (Lipinski definition) is 3. The van der Waals surface area contributed by atoms with Gasteiger partial charge in [-0.05, 0) is 19.1 Å². The van der Waals surface area contributed by atoms with Gasteiger partial charge in [0.25, 0.3) is 0 Å². The second-order valence-electron chi connectivity index (χ2n) is 4.89. The summed E-state index contributed by atoms with van der Waals surface area (Å²) in [4.78, 5) is 11.2. The molecule has 0 aliphatic carbocycles. The van der Waals surface area contributed by atoms with Crippen molar-refractivity contribution in [3.63, 3.8) is 0 Å². The molecule has 0 aliphatic rings. The fourth-order valence-corrected chi connectivity index (χ4v) is 2.10. The summed E-state index contributed by atoms with van der Waals surface area (Å²) in [6.45, 7) is 2.03. The van der Waals surface area contributed by atoms with Crippen molar-refractivity contribution in [2.45, 2.75) is 6.92 Å². The van der Waals surface area contributed by atoms with Gasteiger partial charge in [0.2, 0.25) is 5.91 Å². The van der Waals surface area contributed by atoms with Crippen molar-refractivity contribution in [1.29, 1.82) is 0 Å². The van der Waals surface area contributed by atoms with Gasteiger partial charge < -0.3 is 10.3 Å². The number of carbonyl (C=O) groups is 1. The highest BCUT2D eigenvalue weighted by atomic mass is 16.5. The number of carbonyl (C=O) groups excluding carboxylic acids is 1. The fraction of sp³-hybridized carbons (Fsp3) is 0.0588. The van der Waals surface area contributed by atoms with Crippen LogP contribution in [-0.4, -0.2) is 11.1 Å². The predicted molar refractivity (Wildman–Crippen MR) is 80.6 cm³/mol. The summed E-state index contributed by atoms with van der Waals surface area (Å²) in [5, 5.41) is 4.06.